The molecule has 110 valence electrons. The summed E-state index contributed by atoms with van der Waals surface area (Å²) in [7, 11) is 0. The van der Waals surface area contributed by atoms with E-state index in [0.29, 0.717) is 24.3 Å². The zero-order chi connectivity index (χ0) is 14.1. The van der Waals surface area contributed by atoms with Gasteiger partial charge in [0.2, 0.25) is 0 Å². The molecule has 2 aliphatic rings. The van der Waals surface area contributed by atoms with Crippen molar-refractivity contribution in [2.75, 3.05) is 19.6 Å². The van der Waals surface area contributed by atoms with Gasteiger partial charge in [0.25, 0.3) is 5.91 Å². The number of likely N-dealkylation sites (tertiary alicyclic amines) is 1. The van der Waals surface area contributed by atoms with Crippen LogP contribution in [0.5, 0.6) is 0 Å². The fraction of sp³-hybridized carbons (Fsp3) is 0.714. The molecule has 0 aliphatic carbocycles. The lowest BCUT2D eigenvalue weighted by molar-refractivity contribution is 0.0666. The first-order valence-corrected chi connectivity index (χ1v) is 8.30. The number of likely N-dealkylation sites (N-methyl/N-ethyl adjacent to an activating group) is 1. The van der Waals surface area contributed by atoms with E-state index in [1.54, 1.807) is 0 Å². The lowest BCUT2D eigenvalue weighted by atomic mass is 10.1. The highest BCUT2D eigenvalue weighted by Crippen LogP contribution is 2.31. The van der Waals surface area contributed by atoms with Crippen LogP contribution >= 0.6 is 11.3 Å². The van der Waals surface area contributed by atoms with Crippen LogP contribution in [0.3, 0.4) is 0 Å². The van der Waals surface area contributed by atoms with Crippen LogP contribution in [0.4, 0.5) is 0 Å². The summed E-state index contributed by atoms with van der Waals surface area (Å²) in [5.41, 5.74) is 6.17. The Kier molecular flexibility index (Phi) is 4.05. The van der Waals surface area contributed by atoms with Gasteiger partial charge in [0.15, 0.2) is 0 Å². The predicted octanol–water partition coefficient (Wildman–Crippen LogP) is 1.30. The third-order valence-electron chi connectivity index (χ3n) is 4.49. The van der Waals surface area contributed by atoms with Crippen LogP contribution < -0.4 is 5.73 Å². The summed E-state index contributed by atoms with van der Waals surface area (Å²) in [6.07, 6.45) is 3.35. The highest BCUT2D eigenvalue weighted by atomic mass is 32.1. The molecule has 0 radical (unpaired) electrons. The normalized spacial score (nSPS) is 26.8. The first-order chi connectivity index (χ1) is 9.72. The second-order valence-corrected chi connectivity index (χ2v) is 6.55. The molecular formula is C14H22N4OS. The maximum atomic E-state index is 12.7. The number of aromatic nitrogens is 1. The number of fused-ring (bicyclic) bond motifs is 2. The first-order valence-electron chi connectivity index (χ1n) is 7.42. The minimum Gasteiger partial charge on any atom is -0.330 e. The van der Waals surface area contributed by atoms with Crippen LogP contribution in [0.2, 0.25) is 0 Å². The van der Waals surface area contributed by atoms with E-state index in [9.17, 15) is 4.79 Å². The molecule has 1 aromatic rings. The summed E-state index contributed by atoms with van der Waals surface area (Å²) < 4.78 is 0. The predicted molar refractivity (Wildman–Crippen MR) is 79.7 cm³/mol. The molecule has 2 saturated heterocycles. The van der Waals surface area contributed by atoms with E-state index in [-0.39, 0.29) is 5.91 Å². The van der Waals surface area contributed by atoms with Gasteiger partial charge in [-0.05, 0) is 25.8 Å². The summed E-state index contributed by atoms with van der Waals surface area (Å²) in [5, 5.41) is 2.69. The zero-order valence-electron chi connectivity index (χ0n) is 11.9. The molecule has 1 aromatic heterocycles. The highest BCUT2D eigenvalue weighted by molar-refractivity contribution is 7.09. The van der Waals surface area contributed by atoms with Gasteiger partial charge in [0, 0.05) is 37.1 Å². The van der Waals surface area contributed by atoms with E-state index in [0.717, 1.165) is 43.9 Å². The van der Waals surface area contributed by atoms with Gasteiger partial charge in [-0.1, -0.05) is 6.92 Å². The van der Waals surface area contributed by atoms with Crippen molar-refractivity contribution < 1.29 is 4.79 Å². The monoisotopic (exact) mass is 294 g/mol. The maximum Gasteiger partial charge on any atom is 0.273 e. The molecule has 0 spiro atoms. The molecule has 2 unspecified atom stereocenters. The van der Waals surface area contributed by atoms with Gasteiger partial charge in [0.1, 0.15) is 10.7 Å². The first kappa shape index (κ1) is 14.0. The van der Waals surface area contributed by atoms with Crippen LogP contribution in [-0.4, -0.2) is 52.4 Å². The third-order valence-corrected chi connectivity index (χ3v) is 5.37. The van der Waals surface area contributed by atoms with E-state index < -0.39 is 0 Å². The Hall–Kier alpha value is -0.980. The lowest BCUT2D eigenvalue weighted by Gasteiger charge is -2.28. The summed E-state index contributed by atoms with van der Waals surface area (Å²) in [4.78, 5) is 21.7. The van der Waals surface area contributed by atoms with Crippen molar-refractivity contribution in [3.8, 4) is 0 Å². The molecule has 2 atom stereocenters. The molecule has 5 nitrogen and oxygen atoms in total. The van der Waals surface area contributed by atoms with Gasteiger partial charge in [-0.25, -0.2) is 4.98 Å². The molecule has 0 aromatic carbocycles. The molecule has 20 heavy (non-hydrogen) atoms. The number of carbonyl (C=O) groups excluding carboxylic acids is 1. The van der Waals surface area contributed by atoms with E-state index in [1.807, 2.05) is 5.38 Å². The van der Waals surface area contributed by atoms with Crippen molar-refractivity contribution in [1.29, 1.82) is 0 Å². The summed E-state index contributed by atoms with van der Waals surface area (Å²) in [5.74, 6) is 0.103. The highest BCUT2D eigenvalue weighted by Gasteiger charge is 2.40. The van der Waals surface area contributed by atoms with Crippen molar-refractivity contribution in [1.82, 2.24) is 14.8 Å². The van der Waals surface area contributed by atoms with Gasteiger partial charge in [-0.2, -0.15) is 0 Å². The van der Waals surface area contributed by atoms with Crippen molar-refractivity contribution >= 4 is 17.2 Å². The van der Waals surface area contributed by atoms with Crippen LogP contribution in [0.15, 0.2) is 5.38 Å². The smallest absolute Gasteiger partial charge is 0.273 e. The Morgan fingerprint density at radius 2 is 2.25 bits per heavy atom. The Morgan fingerprint density at radius 1 is 1.45 bits per heavy atom. The number of amides is 1. The van der Waals surface area contributed by atoms with Crippen LogP contribution in [0.25, 0.3) is 0 Å². The van der Waals surface area contributed by atoms with Crippen LogP contribution in [0.1, 0.15) is 41.7 Å². The van der Waals surface area contributed by atoms with Crippen LogP contribution in [-0.2, 0) is 6.54 Å². The molecule has 2 aliphatic heterocycles. The summed E-state index contributed by atoms with van der Waals surface area (Å²) in [6, 6.07) is 0.755. The standard InChI is InChI=1S/C14H22N4OS/c1-2-17-6-5-10-3-4-11(8-17)18(10)14(19)12-9-20-13(7-15)16-12/h9-11H,2-8,15H2,1H3. The number of hydrogen-bond acceptors (Lipinski definition) is 5. The minimum atomic E-state index is 0.103. The number of nitrogens with zero attached hydrogens (tertiary/aromatic N) is 3. The molecule has 3 heterocycles. The summed E-state index contributed by atoms with van der Waals surface area (Å²) in [6.45, 7) is 5.78. The van der Waals surface area contributed by atoms with E-state index in [1.165, 1.54) is 11.3 Å². The zero-order valence-corrected chi connectivity index (χ0v) is 12.7. The van der Waals surface area contributed by atoms with Gasteiger partial charge in [-0.15, -0.1) is 11.3 Å². The average Bonchev–Trinajstić information content (AvgIpc) is 3.02. The van der Waals surface area contributed by atoms with E-state index >= 15 is 0 Å². The van der Waals surface area contributed by atoms with Crippen molar-refractivity contribution in [2.45, 2.75) is 44.8 Å². The molecule has 3 rings (SSSR count). The Labute approximate surface area is 123 Å². The second-order valence-electron chi connectivity index (χ2n) is 5.61. The Bertz CT molecular complexity index is 489. The largest absolute Gasteiger partial charge is 0.330 e. The fourth-order valence-electron chi connectivity index (χ4n) is 3.40. The molecule has 2 N–H and O–H groups in total. The van der Waals surface area contributed by atoms with Gasteiger partial charge in [-0.3, -0.25) is 4.79 Å². The topological polar surface area (TPSA) is 62.5 Å². The Balaban J connectivity index is 1.80. The second kappa shape index (κ2) is 5.79. The van der Waals surface area contributed by atoms with E-state index in [2.05, 4.69) is 21.7 Å². The quantitative estimate of drug-likeness (QED) is 0.913. The molecular weight excluding hydrogens is 272 g/mol. The third kappa shape index (κ3) is 2.47. The number of nitrogens with two attached hydrogens (primary N) is 1. The molecule has 2 fully saturated rings. The molecule has 0 saturated carbocycles. The van der Waals surface area contributed by atoms with Gasteiger partial charge in [0.05, 0.1) is 0 Å². The van der Waals surface area contributed by atoms with Gasteiger partial charge < -0.3 is 15.5 Å². The Morgan fingerprint density at radius 3 is 2.95 bits per heavy atom. The lowest BCUT2D eigenvalue weighted by Crippen LogP contribution is -2.43. The minimum absolute atomic E-state index is 0.103. The fourth-order valence-corrected chi connectivity index (χ4v) is 4.05. The van der Waals surface area contributed by atoms with E-state index in [4.69, 9.17) is 5.73 Å². The molecule has 6 heteroatoms. The van der Waals surface area contributed by atoms with Gasteiger partial charge >= 0.3 is 0 Å². The molecule has 1 amide bonds. The number of carbonyl (C=O) groups is 1. The van der Waals surface area contributed by atoms with Crippen molar-refractivity contribution in [2.24, 2.45) is 5.73 Å². The van der Waals surface area contributed by atoms with Crippen molar-refractivity contribution in [3.63, 3.8) is 0 Å². The summed E-state index contributed by atoms with van der Waals surface area (Å²) >= 11 is 1.48. The number of thiazole rings is 1. The SMILES string of the molecule is CCN1CCC2CCC(C1)N2C(=O)c1csc(CN)n1. The maximum absolute atomic E-state index is 12.7. The number of rotatable bonds is 3. The number of hydrogen-bond donors (Lipinski definition) is 1. The van der Waals surface area contributed by atoms with Crippen molar-refractivity contribution in [3.05, 3.63) is 16.1 Å². The van der Waals surface area contributed by atoms with Crippen LogP contribution in [0, 0.1) is 0 Å². The molecule has 2 bridgehead atoms. The average molecular weight is 294 g/mol.